The van der Waals surface area contributed by atoms with Gasteiger partial charge in [0.05, 0.1) is 12.3 Å². The first kappa shape index (κ1) is 13.8. The normalized spacial score (nSPS) is 10.5. The van der Waals surface area contributed by atoms with Crippen molar-refractivity contribution in [3.05, 3.63) is 28.8 Å². The van der Waals surface area contributed by atoms with Crippen LogP contribution in [0.1, 0.15) is 12.0 Å². The Morgan fingerprint density at radius 3 is 2.76 bits per heavy atom. The zero-order valence-electron chi connectivity index (χ0n) is 8.77. The van der Waals surface area contributed by atoms with Crippen LogP contribution in [0.5, 0.6) is 0 Å². The lowest BCUT2D eigenvalue weighted by atomic mass is 10.2. The van der Waals surface area contributed by atoms with Gasteiger partial charge in [0.25, 0.3) is 10.2 Å². The van der Waals surface area contributed by atoms with Crippen LogP contribution < -0.4 is 9.86 Å². The summed E-state index contributed by atoms with van der Waals surface area (Å²) in [6.45, 7) is -0.0570. The fraction of sp³-hybridized carbons (Fsp3) is 0.200. The summed E-state index contributed by atoms with van der Waals surface area (Å²) in [6.07, 6.45) is 0.303. The van der Waals surface area contributed by atoms with Crippen LogP contribution in [0, 0.1) is 11.8 Å². The van der Waals surface area contributed by atoms with Gasteiger partial charge in [-0.25, -0.2) is 5.14 Å². The molecule has 0 amide bonds. The SMILES string of the molecule is NS(=O)(=O)Nc1cc(Cl)ccc1C#CCCO. The summed E-state index contributed by atoms with van der Waals surface area (Å²) in [5.41, 5.74) is 0.655. The molecule has 92 valence electrons. The van der Waals surface area contributed by atoms with Crippen LogP contribution in [0.15, 0.2) is 18.2 Å². The Labute approximate surface area is 105 Å². The van der Waals surface area contributed by atoms with Gasteiger partial charge < -0.3 is 5.11 Å². The van der Waals surface area contributed by atoms with Crippen molar-refractivity contribution >= 4 is 27.5 Å². The topological polar surface area (TPSA) is 92.4 Å². The molecule has 0 aromatic heterocycles. The molecular weight excluding hydrogens is 264 g/mol. The number of nitrogens with one attached hydrogen (secondary N) is 1. The van der Waals surface area contributed by atoms with Crippen LogP contribution in [0.2, 0.25) is 5.02 Å². The highest BCUT2D eigenvalue weighted by Crippen LogP contribution is 2.20. The molecule has 0 spiro atoms. The Kier molecular flexibility index (Phi) is 4.78. The minimum atomic E-state index is -3.87. The van der Waals surface area contributed by atoms with Crippen molar-refractivity contribution in [3.63, 3.8) is 0 Å². The zero-order chi connectivity index (χ0) is 12.9. The number of hydrogen-bond donors (Lipinski definition) is 3. The van der Waals surface area contributed by atoms with Crippen molar-refractivity contribution in [1.29, 1.82) is 0 Å². The summed E-state index contributed by atoms with van der Waals surface area (Å²) >= 11 is 5.74. The highest BCUT2D eigenvalue weighted by Gasteiger charge is 2.07. The van der Waals surface area contributed by atoms with E-state index in [9.17, 15) is 8.42 Å². The van der Waals surface area contributed by atoms with E-state index in [1.54, 1.807) is 12.1 Å². The van der Waals surface area contributed by atoms with E-state index in [4.69, 9.17) is 21.8 Å². The van der Waals surface area contributed by atoms with Crippen LogP contribution in [0.25, 0.3) is 0 Å². The second-order valence-corrected chi connectivity index (χ2v) is 4.84. The van der Waals surface area contributed by atoms with E-state index in [2.05, 4.69) is 16.6 Å². The molecule has 0 fully saturated rings. The lowest BCUT2D eigenvalue weighted by molar-refractivity contribution is 0.305. The number of nitrogens with two attached hydrogens (primary N) is 1. The molecule has 7 heteroatoms. The van der Waals surface area contributed by atoms with Gasteiger partial charge in [-0.1, -0.05) is 23.4 Å². The molecule has 0 saturated carbocycles. The molecule has 0 aliphatic rings. The van der Waals surface area contributed by atoms with Gasteiger partial charge in [-0.2, -0.15) is 8.42 Å². The minimum Gasteiger partial charge on any atom is -0.395 e. The number of benzene rings is 1. The Morgan fingerprint density at radius 2 is 2.18 bits per heavy atom. The second kappa shape index (κ2) is 5.89. The van der Waals surface area contributed by atoms with Crippen molar-refractivity contribution < 1.29 is 13.5 Å². The maximum atomic E-state index is 10.9. The molecule has 0 aliphatic heterocycles. The first-order valence-corrected chi connectivity index (χ1v) is 6.54. The number of hydrogen-bond acceptors (Lipinski definition) is 3. The first-order chi connectivity index (χ1) is 7.92. The van der Waals surface area contributed by atoms with E-state index in [0.29, 0.717) is 17.0 Å². The average molecular weight is 275 g/mol. The summed E-state index contributed by atoms with van der Waals surface area (Å²) in [6, 6.07) is 4.56. The van der Waals surface area contributed by atoms with Gasteiger partial charge in [-0.3, -0.25) is 4.72 Å². The predicted octanol–water partition coefficient (Wildman–Crippen LogP) is 0.689. The fourth-order valence-corrected chi connectivity index (χ4v) is 1.72. The van der Waals surface area contributed by atoms with Crippen LogP contribution in [0.3, 0.4) is 0 Å². The average Bonchev–Trinajstić information content (AvgIpc) is 2.19. The third-order valence-corrected chi connectivity index (χ3v) is 2.43. The molecule has 4 N–H and O–H groups in total. The third kappa shape index (κ3) is 5.06. The molecule has 0 bridgehead atoms. The zero-order valence-corrected chi connectivity index (χ0v) is 10.3. The minimum absolute atomic E-state index is 0.0570. The maximum absolute atomic E-state index is 10.9. The second-order valence-electron chi connectivity index (χ2n) is 3.11. The summed E-state index contributed by atoms with van der Waals surface area (Å²) in [5, 5.41) is 13.8. The van der Waals surface area contributed by atoms with E-state index in [0.717, 1.165) is 0 Å². The molecule has 0 radical (unpaired) electrons. The van der Waals surface area contributed by atoms with E-state index in [-0.39, 0.29) is 12.3 Å². The first-order valence-electron chi connectivity index (χ1n) is 4.62. The Bertz CT molecular complexity index is 561. The van der Waals surface area contributed by atoms with Crippen LogP contribution in [0.4, 0.5) is 5.69 Å². The van der Waals surface area contributed by atoms with Gasteiger partial charge >= 0.3 is 0 Å². The molecule has 17 heavy (non-hydrogen) atoms. The summed E-state index contributed by atoms with van der Waals surface area (Å²) < 4.78 is 24.0. The quantitative estimate of drug-likeness (QED) is 0.708. The van der Waals surface area contributed by atoms with E-state index in [1.807, 2.05) is 0 Å². The third-order valence-electron chi connectivity index (χ3n) is 1.69. The Hall–Kier alpha value is -1.26. The largest absolute Gasteiger partial charge is 0.395 e. The molecule has 0 aliphatic carbocycles. The molecule has 1 aromatic carbocycles. The number of aliphatic hydroxyl groups is 1. The molecule has 5 nitrogen and oxygen atoms in total. The summed E-state index contributed by atoms with van der Waals surface area (Å²) in [4.78, 5) is 0. The van der Waals surface area contributed by atoms with Crippen LogP contribution >= 0.6 is 11.6 Å². The van der Waals surface area contributed by atoms with E-state index < -0.39 is 10.2 Å². The number of anilines is 1. The van der Waals surface area contributed by atoms with Gasteiger partial charge in [0.15, 0.2) is 0 Å². The van der Waals surface area contributed by atoms with Crippen molar-refractivity contribution in [2.24, 2.45) is 5.14 Å². The smallest absolute Gasteiger partial charge is 0.296 e. The molecule has 1 rings (SSSR count). The fourth-order valence-electron chi connectivity index (χ4n) is 1.08. The molecule has 1 aromatic rings. The number of rotatable bonds is 3. The van der Waals surface area contributed by atoms with Crippen LogP contribution in [-0.2, 0) is 10.2 Å². The Morgan fingerprint density at radius 1 is 1.47 bits per heavy atom. The molecule has 0 unspecified atom stereocenters. The van der Waals surface area contributed by atoms with Crippen molar-refractivity contribution in [2.45, 2.75) is 6.42 Å². The van der Waals surface area contributed by atoms with Gasteiger partial charge in [-0.05, 0) is 18.2 Å². The van der Waals surface area contributed by atoms with Gasteiger partial charge in [0.1, 0.15) is 0 Å². The lowest BCUT2D eigenvalue weighted by Crippen LogP contribution is -2.22. The standard InChI is InChI=1S/C10H11ClN2O3S/c11-9-5-4-8(3-1-2-6-14)10(7-9)13-17(12,15)16/h4-5,7,13-14H,2,6H2,(H2,12,15,16). The maximum Gasteiger partial charge on any atom is 0.296 e. The summed E-state index contributed by atoms with van der Waals surface area (Å²) in [5.74, 6) is 5.39. The van der Waals surface area contributed by atoms with E-state index in [1.165, 1.54) is 6.07 Å². The highest BCUT2D eigenvalue weighted by atomic mass is 35.5. The molecular formula is C10H11ClN2O3S. The van der Waals surface area contributed by atoms with Crippen molar-refractivity contribution in [3.8, 4) is 11.8 Å². The van der Waals surface area contributed by atoms with Gasteiger partial charge in [0.2, 0.25) is 0 Å². The van der Waals surface area contributed by atoms with Gasteiger partial charge in [-0.15, -0.1) is 0 Å². The lowest BCUT2D eigenvalue weighted by Gasteiger charge is -2.06. The Balaban J connectivity index is 3.09. The number of halogens is 1. The van der Waals surface area contributed by atoms with Gasteiger partial charge in [0, 0.05) is 17.0 Å². The highest BCUT2D eigenvalue weighted by molar-refractivity contribution is 7.90. The monoisotopic (exact) mass is 274 g/mol. The summed E-state index contributed by atoms with van der Waals surface area (Å²) in [7, 11) is -3.87. The molecule has 0 heterocycles. The predicted molar refractivity (Wildman–Crippen MR) is 66.8 cm³/mol. The van der Waals surface area contributed by atoms with Crippen molar-refractivity contribution in [2.75, 3.05) is 11.3 Å². The molecule has 0 saturated heterocycles. The van der Waals surface area contributed by atoms with E-state index >= 15 is 0 Å². The van der Waals surface area contributed by atoms with Crippen molar-refractivity contribution in [1.82, 2.24) is 0 Å². The number of aliphatic hydroxyl groups excluding tert-OH is 1. The van der Waals surface area contributed by atoms with Crippen LogP contribution in [-0.4, -0.2) is 20.1 Å². The molecule has 0 atom stereocenters.